The number of carbonyl (C=O) groups excluding carboxylic acids is 2. The highest BCUT2D eigenvalue weighted by Gasteiger charge is 2.06. The van der Waals surface area contributed by atoms with Crippen molar-refractivity contribution in [3.63, 3.8) is 0 Å². The highest BCUT2D eigenvalue weighted by molar-refractivity contribution is 5.82. The number of rotatable bonds is 8. The van der Waals surface area contributed by atoms with Gasteiger partial charge in [-0.1, -0.05) is 17.7 Å². The number of ether oxygens (including phenoxy) is 2. The van der Waals surface area contributed by atoms with E-state index in [1.165, 1.54) is 24.3 Å². The molecule has 138 valence electrons. The van der Waals surface area contributed by atoms with Crippen LogP contribution in [0.2, 0.25) is 0 Å². The van der Waals surface area contributed by atoms with E-state index in [2.05, 4.69) is 10.9 Å². The second-order valence-corrected chi connectivity index (χ2v) is 5.60. The number of aryl methyl sites for hydroxylation is 1. The first-order valence-corrected chi connectivity index (χ1v) is 8.18. The van der Waals surface area contributed by atoms with E-state index < -0.39 is 5.91 Å². The van der Waals surface area contributed by atoms with Gasteiger partial charge in [-0.3, -0.25) is 20.4 Å². The molecular formula is C19H21FN2O4. The van der Waals surface area contributed by atoms with E-state index in [9.17, 15) is 14.0 Å². The maximum Gasteiger partial charge on any atom is 0.276 e. The van der Waals surface area contributed by atoms with Gasteiger partial charge in [0.1, 0.15) is 17.3 Å². The number of hydrogen-bond acceptors (Lipinski definition) is 4. The minimum Gasteiger partial charge on any atom is -0.494 e. The summed E-state index contributed by atoms with van der Waals surface area (Å²) in [5, 5.41) is 0. The van der Waals surface area contributed by atoms with Crippen molar-refractivity contribution in [1.29, 1.82) is 0 Å². The van der Waals surface area contributed by atoms with Gasteiger partial charge < -0.3 is 9.47 Å². The Morgan fingerprint density at radius 1 is 0.885 bits per heavy atom. The molecule has 2 aromatic carbocycles. The number of halogens is 1. The number of carbonyl (C=O) groups is 2. The maximum atomic E-state index is 12.7. The molecule has 0 aliphatic carbocycles. The van der Waals surface area contributed by atoms with E-state index in [4.69, 9.17) is 9.47 Å². The average molecular weight is 360 g/mol. The predicted octanol–water partition coefficient (Wildman–Crippen LogP) is 2.52. The second-order valence-electron chi connectivity index (χ2n) is 5.60. The molecule has 7 heteroatoms. The third-order valence-corrected chi connectivity index (χ3v) is 3.36. The zero-order valence-electron chi connectivity index (χ0n) is 14.5. The van der Waals surface area contributed by atoms with Gasteiger partial charge in [-0.2, -0.15) is 0 Å². The predicted molar refractivity (Wildman–Crippen MR) is 94.1 cm³/mol. The van der Waals surface area contributed by atoms with Gasteiger partial charge in [0.2, 0.25) is 5.91 Å². The molecule has 0 saturated carbocycles. The molecule has 0 unspecified atom stereocenters. The van der Waals surface area contributed by atoms with Crippen LogP contribution in [0.4, 0.5) is 4.39 Å². The van der Waals surface area contributed by atoms with Crippen molar-refractivity contribution in [3.8, 4) is 11.5 Å². The smallest absolute Gasteiger partial charge is 0.276 e. The Balaban J connectivity index is 1.55. The van der Waals surface area contributed by atoms with Crippen molar-refractivity contribution in [2.75, 3.05) is 13.2 Å². The van der Waals surface area contributed by atoms with Crippen LogP contribution in [0.1, 0.15) is 18.4 Å². The lowest BCUT2D eigenvalue weighted by atomic mass is 10.2. The van der Waals surface area contributed by atoms with Gasteiger partial charge in [0.05, 0.1) is 6.61 Å². The fourth-order valence-corrected chi connectivity index (χ4v) is 1.97. The van der Waals surface area contributed by atoms with Gasteiger partial charge in [-0.25, -0.2) is 4.39 Å². The molecule has 0 atom stereocenters. The second kappa shape index (κ2) is 10.0. The van der Waals surface area contributed by atoms with Crippen LogP contribution < -0.4 is 20.3 Å². The van der Waals surface area contributed by atoms with E-state index in [1.54, 1.807) is 0 Å². The molecular weight excluding hydrogens is 339 g/mol. The first kappa shape index (κ1) is 19.2. The highest BCUT2D eigenvalue weighted by Crippen LogP contribution is 2.12. The lowest BCUT2D eigenvalue weighted by molar-refractivity contribution is -0.130. The molecule has 0 radical (unpaired) electrons. The lowest BCUT2D eigenvalue weighted by Gasteiger charge is -2.09. The monoisotopic (exact) mass is 360 g/mol. The zero-order valence-corrected chi connectivity index (χ0v) is 14.5. The summed E-state index contributed by atoms with van der Waals surface area (Å²) >= 11 is 0. The molecule has 0 aromatic heterocycles. The van der Waals surface area contributed by atoms with E-state index in [1.807, 2.05) is 31.2 Å². The van der Waals surface area contributed by atoms with Crippen LogP contribution in [-0.4, -0.2) is 25.0 Å². The number of hydrazine groups is 1. The molecule has 2 rings (SSSR count). The first-order valence-electron chi connectivity index (χ1n) is 8.18. The SMILES string of the molecule is Cc1ccc(OCCCC(=O)NNC(=O)COc2ccc(F)cc2)cc1. The molecule has 0 aliphatic rings. The normalized spacial score (nSPS) is 10.1. The lowest BCUT2D eigenvalue weighted by Crippen LogP contribution is -2.43. The highest BCUT2D eigenvalue weighted by atomic mass is 19.1. The molecule has 0 spiro atoms. The van der Waals surface area contributed by atoms with Crippen molar-refractivity contribution in [3.05, 3.63) is 59.9 Å². The van der Waals surface area contributed by atoms with Crippen LogP contribution >= 0.6 is 0 Å². The van der Waals surface area contributed by atoms with Gasteiger partial charge in [-0.05, 0) is 49.7 Å². The van der Waals surface area contributed by atoms with Crippen LogP contribution in [0.15, 0.2) is 48.5 Å². The Kier molecular flexibility index (Phi) is 7.42. The largest absolute Gasteiger partial charge is 0.494 e. The van der Waals surface area contributed by atoms with Gasteiger partial charge in [0.15, 0.2) is 6.61 Å². The summed E-state index contributed by atoms with van der Waals surface area (Å²) in [5.41, 5.74) is 5.70. The molecule has 0 bridgehead atoms. The summed E-state index contributed by atoms with van der Waals surface area (Å²) < 4.78 is 23.4. The first-order chi connectivity index (χ1) is 12.5. The van der Waals surface area contributed by atoms with Crippen molar-refractivity contribution in [2.45, 2.75) is 19.8 Å². The van der Waals surface area contributed by atoms with Crippen molar-refractivity contribution >= 4 is 11.8 Å². The number of benzene rings is 2. The van der Waals surface area contributed by atoms with E-state index in [0.29, 0.717) is 18.8 Å². The van der Waals surface area contributed by atoms with Gasteiger partial charge in [0.25, 0.3) is 5.91 Å². The van der Waals surface area contributed by atoms with Gasteiger partial charge in [0, 0.05) is 6.42 Å². The van der Waals surface area contributed by atoms with E-state index in [-0.39, 0.29) is 24.8 Å². The van der Waals surface area contributed by atoms with Crippen molar-refractivity contribution in [2.24, 2.45) is 0 Å². The minimum atomic E-state index is -0.515. The number of nitrogens with one attached hydrogen (secondary N) is 2. The maximum absolute atomic E-state index is 12.7. The van der Waals surface area contributed by atoms with E-state index in [0.717, 1.165) is 11.3 Å². The topological polar surface area (TPSA) is 76.7 Å². The van der Waals surface area contributed by atoms with Crippen molar-refractivity contribution < 1.29 is 23.5 Å². The molecule has 6 nitrogen and oxygen atoms in total. The van der Waals surface area contributed by atoms with E-state index >= 15 is 0 Å². The third-order valence-electron chi connectivity index (χ3n) is 3.36. The van der Waals surface area contributed by atoms with Crippen LogP contribution in [0.25, 0.3) is 0 Å². The van der Waals surface area contributed by atoms with Crippen LogP contribution in [0.5, 0.6) is 11.5 Å². The zero-order chi connectivity index (χ0) is 18.8. The molecule has 0 fully saturated rings. The third kappa shape index (κ3) is 7.21. The Labute approximate surface area is 151 Å². The summed E-state index contributed by atoms with van der Waals surface area (Å²) in [5.74, 6) is -0.116. The Hall–Kier alpha value is -3.09. The molecule has 0 saturated heterocycles. The quantitative estimate of drug-likeness (QED) is 0.560. The fraction of sp³-hybridized carbons (Fsp3) is 0.263. The van der Waals surface area contributed by atoms with Gasteiger partial charge in [-0.15, -0.1) is 0 Å². The fourth-order valence-electron chi connectivity index (χ4n) is 1.97. The number of hydrogen-bond donors (Lipinski definition) is 2. The summed E-state index contributed by atoms with van der Waals surface area (Å²) in [6.07, 6.45) is 0.729. The molecule has 2 aromatic rings. The Morgan fingerprint density at radius 3 is 2.15 bits per heavy atom. The molecule has 2 N–H and O–H groups in total. The van der Waals surface area contributed by atoms with Gasteiger partial charge >= 0.3 is 0 Å². The molecule has 0 heterocycles. The summed E-state index contributed by atoms with van der Waals surface area (Å²) in [6.45, 7) is 2.10. The Bertz CT molecular complexity index is 717. The summed E-state index contributed by atoms with van der Waals surface area (Å²) in [6, 6.07) is 12.9. The van der Waals surface area contributed by atoms with Crippen LogP contribution in [0.3, 0.4) is 0 Å². The number of amides is 2. The average Bonchev–Trinajstić information content (AvgIpc) is 2.64. The standard InChI is InChI=1S/C19H21FN2O4/c1-14-4-8-16(9-5-14)25-12-2-3-18(23)21-22-19(24)13-26-17-10-6-15(20)7-11-17/h4-11H,2-3,12-13H2,1H3,(H,21,23)(H,22,24). The molecule has 26 heavy (non-hydrogen) atoms. The van der Waals surface area contributed by atoms with Crippen LogP contribution in [0, 0.1) is 12.7 Å². The molecule has 0 aliphatic heterocycles. The van der Waals surface area contributed by atoms with Crippen molar-refractivity contribution in [1.82, 2.24) is 10.9 Å². The summed E-state index contributed by atoms with van der Waals surface area (Å²) in [4.78, 5) is 23.2. The minimum absolute atomic E-state index is 0.213. The molecule has 2 amide bonds. The Morgan fingerprint density at radius 2 is 1.46 bits per heavy atom. The van der Waals surface area contributed by atoms with Crippen LogP contribution in [-0.2, 0) is 9.59 Å². The summed E-state index contributed by atoms with van der Waals surface area (Å²) in [7, 11) is 0.